The third-order valence-corrected chi connectivity index (χ3v) is 4.92. The minimum atomic E-state index is -0.207. The molecule has 29 heavy (non-hydrogen) atoms. The number of aromatic nitrogens is 1. The van der Waals surface area contributed by atoms with Gasteiger partial charge in [-0.2, -0.15) is 0 Å². The zero-order valence-electron chi connectivity index (χ0n) is 16.3. The Morgan fingerprint density at radius 2 is 1.69 bits per heavy atom. The van der Waals surface area contributed by atoms with E-state index in [4.69, 9.17) is 0 Å². The van der Waals surface area contributed by atoms with Crippen molar-refractivity contribution in [2.24, 2.45) is 0 Å². The van der Waals surface area contributed by atoms with E-state index < -0.39 is 0 Å². The van der Waals surface area contributed by atoms with E-state index in [-0.39, 0.29) is 17.9 Å². The van der Waals surface area contributed by atoms with Gasteiger partial charge in [-0.25, -0.2) is 4.98 Å². The number of pyridine rings is 1. The number of fused-ring (bicyclic) bond motifs is 1. The molecular weight excluding hydrogens is 364 g/mol. The number of carbonyl (C=O) groups excluding carboxylic acids is 2. The van der Waals surface area contributed by atoms with Crippen LogP contribution in [0.4, 0.5) is 22.9 Å². The average Bonchev–Trinajstić information content (AvgIpc) is 3.05. The van der Waals surface area contributed by atoms with Crippen molar-refractivity contribution < 1.29 is 9.59 Å². The molecule has 1 aliphatic heterocycles. The van der Waals surface area contributed by atoms with Gasteiger partial charge >= 0.3 is 0 Å². The Morgan fingerprint density at radius 1 is 1.00 bits per heavy atom. The standard InChI is InChI=1S/C23H22N4O2/c1-15-13-17-5-3-4-6-21(17)27(15)22-14-18(11-12-24-22)23(29)26-20-9-7-19(8-10-20)25-16(2)28/h3-12,14-15H,13H2,1-2H3,(H,25,28)(H,26,29). The number of benzene rings is 2. The second-order valence-corrected chi connectivity index (χ2v) is 7.17. The Hall–Kier alpha value is -3.67. The lowest BCUT2D eigenvalue weighted by Crippen LogP contribution is -2.25. The number of hydrogen-bond acceptors (Lipinski definition) is 4. The summed E-state index contributed by atoms with van der Waals surface area (Å²) >= 11 is 0. The van der Waals surface area contributed by atoms with Crippen LogP contribution in [0.1, 0.15) is 29.8 Å². The molecule has 0 bridgehead atoms. The van der Waals surface area contributed by atoms with Gasteiger partial charge in [-0.1, -0.05) is 18.2 Å². The maximum atomic E-state index is 12.7. The molecule has 2 amide bonds. The zero-order chi connectivity index (χ0) is 20.4. The van der Waals surface area contributed by atoms with E-state index in [1.165, 1.54) is 12.5 Å². The molecule has 1 atom stereocenters. The Kier molecular flexibility index (Phi) is 4.99. The molecule has 2 aromatic carbocycles. The van der Waals surface area contributed by atoms with Gasteiger partial charge in [-0.3, -0.25) is 9.59 Å². The van der Waals surface area contributed by atoms with E-state index in [0.717, 1.165) is 17.9 Å². The molecule has 2 heterocycles. The van der Waals surface area contributed by atoms with Crippen LogP contribution in [0.5, 0.6) is 0 Å². The summed E-state index contributed by atoms with van der Waals surface area (Å²) < 4.78 is 0. The van der Waals surface area contributed by atoms with Crippen molar-refractivity contribution in [3.63, 3.8) is 0 Å². The maximum absolute atomic E-state index is 12.7. The maximum Gasteiger partial charge on any atom is 0.255 e. The molecule has 1 unspecified atom stereocenters. The van der Waals surface area contributed by atoms with Crippen LogP contribution < -0.4 is 15.5 Å². The van der Waals surface area contributed by atoms with E-state index in [0.29, 0.717) is 16.9 Å². The second-order valence-electron chi connectivity index (χ2n) is 7.17. The number of hydrogen-bond donors (Lipinski definition) is 2. The predicted molar refractivity (Wildman–Crippen MR) is 115 cm³/mol. The fourth-order valence-corrected chi connectivity index (χ4v) is 3.65. The Bertz CT molecular complexity index is 1060. The molecule has 0 spiro atoms. The summed E-state index contributed by atoms with van der Waals surface area (Å²) in [6.45, 7) is 3.61. The van der Waals surface area contributed by atoms with Crippen molar-refractivity contribution in [3.05, 3.63) is 78.0 Å². The van der Waals surface area contributed by atoms with Gasteiger partial charge in [0, 0.05) is 41.8 Å². The Labute approximate surface area is 169 Å². The number of anilines is 4. The van der Waals surface area contributed by atoms with Crippen LogP contribution in [0.15, 0.2) is 66.9 Å². The smallest absolute Gasteiger partial charge is 0.255 e. The van der Waals surface area contributed by atoms with Crippen LogP contribution in [-0.2, 0) is 11.2 Å². The molecule has 0 saturated carbocycles. The lowest BCUT2D eigenvalue weighted by atomic mass is 10.1. The highest BCUT2D eigenvalue weighted by Gasteiger charge is 2.28. The van der Waals surface area contributed by atoms with Crippen molar-refractivity contribution >= 4 is 34.7 Å². The first-order valence-electron chi connectivity index (χ1n) is 9.53. The highest BCUT2D eigenvalue weighted by molar-refractivity contribution is 6.05. The van der Waals surface area contributed by atoms with Gasteiger partial charge in [-0.05, 0) is 61.4 Å². The van der Waals surface area contributed by atoms with Crippen LogP contribution in [0.3, 0.4) is 0 Å². The molecule has 0 saturated heterocycles. The Morgan fingerprint density at radius 3 is 2.41 bits per heavy atom. The van der Waals surface area contributed by atoms with Crippen molar-refractivity contribution in [1.29, 1.82) is 0 Å². The molecule has 1 aromatic heterocycles. The lowest BCUT2D eigenvalue weighted by Gasteiger charge is -2.24. The van der Waals surface area contributed by atoms with Gasteiger partial charge in [-0.15, -0.1) is 0 Å². The van der Waals surface area contributed by atoms with Crippen LogP contribution in [0.2, 0.25) is 0 Å². The number of para-hydroxylation sites is 1. The lowest BCUT2D eigenvalue weighted by molar-refractivity contribution is -0.114. The molecule has 2 N–H and O–H groups in total. The molecule has 1 aliphatic rings. The summed E-state index contributed by atoms with van der Waals surface area (Å²) in [5, 5.41) is 5.59. The van der Waals surface area contributed by atoms with Gasteiger partial charge < -0.3 is 15.5 Å². The van der Waals surface area contributed by atoms with Crippen LogP contribution in [-0.4, -0.2) is 22.8 Å². The quantitative estimate of drug-likeness (QED) is 0.698. The molecule has 0 aliphatic carbocycles. The van der Waals surface area contributed by atoms with Crippen LogP contribution >= 0.6 is 0 Å². The van der Waals surface area contributed by atoms with Crippen molar-refractivity contribution in [2.75, 3.05) is 15.5 Å². The van der Waals surface area contributed by atoms with E-state index in [1.807, 2.05) is 18.2 Å². The summed E-state index contributed by atoms with van der Waals surface area (Å²) in [6, 6.07) is 19.1. The molecule has 4 rings (SSSR count). The van der Waals surface area contributed by atoms with E-state index >= 15 is 0 Å². The van der Waals surface area contributed by atoms with Crippen molar-refractivity contribution in [2.45, 2.75) is 26.3 Å². The fourth-order valence-electron chi connectivity index (χ4n) is 3.65. The highest BCUT2D eigenvalue weighted by atomic mass is 16.2. The largest absolute Gasteiger partial charge is 0.326 e. The number of amides is 2. The SMILES string of the molecule is CC(=O)Nc1ccc(NC(=O)c2ccnc(N3c4ccccc4CC3C)c2)cc1. The molecule has 3 aromatic rings. The number of nitrogens with zero attached hydrogens (tertiary/aromatic N) is 2. The van der Waals surface area contributed by atoms with Gasteiger partial charge in [0.2, 0.25) is 5.91 Å². The topological polar surface area (TPSA) is 74.3 Å². The number of rotatable bonds is 4. The summed E-state index contributed by atoms with van der Waals surface area (Å²) in [7, 11) is 0. The fraction of sp³-hybridized carbons (Fsp3) is 0.174. The first-order valence-corrected chi connectivity index (χ1v) is 9.53. The predicted octanol–water partition coefficient (Wildman–Crippen LogP) is 4.38. The first kappa shape index (κ1) is 18.7. The van der Waals surface area contributed by atoms with Gasteiger partial charge in [0.25, 0.3) is 5.91 Å². The highest BCUT2D eigenvalue weighted by Crippen LogP contribution is 2.37. The summed E-state index contributed by atoms with van der Waals surface area (Å²) in [5.74, 6) is 0.418. The molecule has 0 radical (unpaired) electrons. The van der Waals surface area contributed by atoms with E-state index in [1.54, 1.807) is 36.5 Å². The van der Waals surface area contributed by atoms with Crippen LogP contribution in [0, 0.1) is 0 Å². The van der Waals surface area contributed by atoms with Crippen molar-refractivity contribution in [3.8, 4) is 0 Å². The van der Waals surface area contributed by atoms with Crippen LogP contribution in [0.25, 0.3) is 0 Å². The molecule has 6 nitrogen and oxygen atoms in total. The zero-order valence-corrected chi connectivity index (χ0v) is 16.3. The molecular formula is C23H22N4O2. The Balaban J connectivity index is 1.53. The molecule has 6 heteroatoms. The first-order chi connectivity index (χ1) is 14.0. The summed E-state index contributed by atoms with van der Waals surface area (Å²) in [5.41, 5.74) is 4.30. The normalized spacial score (nSPS) is 15.0. The van der Waals surface area contributed by atoms with Gasteiger partial charge in [0.05, 0.1) is 0 Å². The third kappa shape index (κ3) is 3.96. The van der Waals surface area contributed by atoms with E-state index in [9.17, 15) is 9.59 Å². The van der Waals surface area contributed by atoms with Gasteiger partial charge in [0.15, 0.2) is 0 Å². The second kappa shape index (κ2) is 7.75. The van der Waals surface area contributed by atoms with E-state index in [2.05, 4.69) is 39.6 Å². The monoisotopic (exact) mass is 386 g/mol. The minimum absolute atomic E-state index is 0.135. The molecule has 146 valence electrons. The van der Waals surface area contributed by atoms with Gasteiger partial charge in [0.1, 0.15) is 5.82 Å². The molecule has 0 fully saturated rings. The number of carbonyl (C=O) groups is 2. The minimum Gasteiger partial charge on any atom is -0.326 e. The number of nitrogens with one attached hydrogen (secondary N) is 2. The van der Waals surface area contributed by atoms with Crippen molar-refractivity contribution in [1.82, 2.24) is 4.98 Å². The average molecular weight is 386 g/mol. The summed E-state index contributed by atoms with van der Waals surface area (Å²) in [6.07, 6.45) is 2.62. The summed E-state index contributed by atoms with van der Waals surface area (Å²) in [4.78, 5) is 30.5. The third-order valence-electron chi connectivity index (χ3n) is 4.92.